The summed E-state index contributed by atoms with van der Waals surface area (Å²) in [5.41, 5.74) is 6.71. The highest BCUT2D eigenvalue weighted by molar-refractivity contribution is 5.91. The van der Waals surface area contributed by atoms with E-state index in [0.29, 0.717) is 31.6 Å². The second kappa shape index (κ2) is 8.19. The number of amides is 2. The Balaban J connectivity index is 1.80. The second-order valence-corrected chi connectivity index (χ2v) is 5.87. The number of nitrogens with one attached hydrogen (secondary N) is 1. The average molecular weight is 359 g/mol. The summed E-state index contributed by atoms with van der Waals surface area (Å²) in [7, 11) is 0. The maximum Gasteiger partial charge on any atom is 0.411 e. The first-order valence-corrected chi connectivity index (χ1v) is 7.83. The molecular weight excluding hydrogens is 339 g/mol. The van der Waals surface area contributed by atoms with Gasteiger partial charge in [-0.2, -0.15) is 13.2 Å². The van der Waals surface area contributed by atoms with Gasteiger partial charge in [0.1, 0.15) is 13.2 Å². The van der Waals surface area contributed by atoms with Crippen molar-refractivity contribution in [3.05, 3.63) is 24.3 Å². The monoisotopic (exact) mass is 359 g/mol. The Morgan fingerprint density at radius 1 is 1.20 bits per heavy atom. The third-order valence-electron chi connectivity index (χ3n) is 3.91. The van der Waals surface area contributed by atoms with Crippen LogP contribution in [0.1, 0.15) is 12.8 Å². The van der Waals surface area contributed by atoms with Crippen LogP contribution in [-0.4, -0.2) is 44.3 Å². The molecule has 3 N–H and O–H groups in total. The molecule has 0 saturated carbocycles. The van der Waals surface area contributed by atoms with E-state index in [9.17, 15) is 22.8 Å². The summed E-state index contributed by atoms with van der Waals surface area (Å²) in [6, 6.07) is 6.93. The zero-order valence-electron chi connectivity index (χ0n) is 13.5. The smallest absolute Gasteiger partial charge is 0.371 e. The molecule has 1 aromatic rings. The first kappa shape index (κ1) is 19.0. The lowest BCUT2D eigenvalue weighted by molar-refractivity contribution is -0.174. The minimum Gasteiger partial charge on any atom is -0.371 e. The van der Waals surface area contributed by atoms with Gasteiger partial charge in [0.05, 0.1) is 0 Å². The van der Waals surface area contributed by atoms with Crippen molar-refractivity contribution < 1.29 is 27.5 Å². The number of anilines is 2. The van der Waals surface area contributed by atoms with E-state index in [1.807, 2.05) is 0 Å². The third-order valence-corrected chi connectivity index (χ3v) is 3.91. The standard InChI is InChI=1S/C16H20F3N3O3/c17-16(18,19)10-25-9-14(23)21-12-1-3-13(4-2-12)22-7-5-11(6-8-22)15(20)24/h1-4,11H,5-10H2,(H2,20,24)(H,21,23). The summed E-state index contributed by atoms with van der Waals surface area (Å²) in [4.78, 5) is 24.8. The topological polar surface area (TPSA) is 84.7 Å². The molecule has 1 fully saturated rings. The van der Waals surface area contributed by atoms with Gasteiger partial charge in [0.2, 0.25) is 11.8 Å². The van der Waals surface area contributed by atoms with Crippen LogP contribution in [0, 0.1) is 5.92 Å². The highest BCUT2D eigenvalue weighted by Gasteiger charge is 2.27. The van der Waals surface area contributed by atoms with Crippen LogP contribution in [0.4, 0.5) is 24.5 Å². The maximum atomic E-state index is 11.9. The van der Waals surface area contributed by atoms with E-state index in [1.54, 1.807) is 24.3 Å². The van der Waals surface area contributed by atoms with Crippen LogP contribution in [0.5, 0.6) is 0 Å². The number of hydrogen-bond donors (Lipinski definition) is 2. The van der Waals surface area contributed by atoms with Crippen LogP contribution < -0.4 is 16.0 Å². The van der Waals surface area contributed by atoms with Crippen molar-refractivity contribution in [2.75, 3.05) is 36.5 Å². The number of hydrogen-bond acceptors (Lipinski definition) is 4. The Hall–Kier alpha value is -2.29. The van der Waals surface area contributed by atoms with Crippen molar-refractivity contribution in [3.63, 3.8) is 0 Å². The Labute approximate surface area is 143 Å². The van der Waals surface area contributed by atoms with E-state index in [2.05, 4.69) is 15.0 Å². The van der Waals surface area contributed by atoms with Crippen LogP contribution in [0.3, 0.4) is 0 Å². The fourth-order valence-electron chi connectivity index (χ4n) is 2.63. The Kier molecular flexibility index (Phi) is 6.24. The zero-order chi connectivity index (χ0) is 18.4. The van der Waals surface area contributed by atoms with Gasteiger partial charge in [-0.15, -0.1) is 0 Å². The molecule has 25 heavy (non-hydrogen) atoms. The van der Waals surface area contributed by atoms with Gasteiger partial charge in [-0.1, -0.05) is 0 Å². The fraction of sp³-hybridized carbons (Fsp3) is 0.500. The van der Waals surface area contributed by atoms with Crippen molar-refractivity contribution >= 4 is 23.2 Å². The van der Waals surface area contributed by atoms with E-state index in [1.165, 1.54) is 0 Å². The SMILES string of the molecule is NC(=O)C1CCN(c2ccc(NC(=O)COCC(F)(F)F)cc2)CC1. The first-order chi connectivity index (χ1) is 11.7. The molecule has 1 heterocycles. The van der Waals surface area contributed by atoms with Gasteiger partial charge in [-0.25, -0.2) is 0 Å². The lowest BCUT2D eigenvalue weighted by atomic mass is 9.96. The number of nitrogens with two attached hydrogens (primary N) is 1. The molecule has 138 valence electrons. The Morgan fingerprint density at radius 3 is 2.32 bits per heavy atom. The number of alkyl halides is 3. The quantitative estimate of drug-likeness (QED) is 0.813. The van der Waals surface area contributed by atoms with E-state index in [0.717, 1.165) is 5.69 Å². The molecule has 1 saturated heterocycles. The molecule has 0 aliphatic carbocycles. The molecule has 9 heteroatoms. The van der Waals surface area contributed by atoms with Gasteiger partial charge in [0.25, 0.3) is 0 Å². The largest absolute Gasteiger partial charge is 0.411 e. The molecule has 0 radical (unpaired) electrons. The predicted octanol–water partition coefficient (Wildman–Crippen LogP) is 1.91. The van der Waals surface area contributed by atoms with Crippen LogP contribution in [-0.2, 0) is 14.3 Å². The van der Waals surface area contributed by atoms with Crippen LogP contribution in [0.15, 0.2) is 24.3 Å². The highest BCUT2D eigenvalue weighted by Crippen LogP contribution is 2.24. The molecule has 2 rings (SSSR count). The fourth-order valence-corrected chi connectivity index (χ4v) is 2.63. The number of rotatable bonds is 6. The molecule has 0 bridgehead atoms. The highest BCUT2D eigenvalue weighted by atomic mass is 19.4. The van der Waals surface area contributed by atoms with Crippen LogP contribution >= 0.6 is 0 Å². The summed E-state index contributed by atoms with van der Waals surface area (Å²) in [5.74, 6) is -1.02. The number of carbonyl (C=O) groups is 2. The van der Waals surface area contributed by atoms with Gasteiger partial charge in [-0.05, 0) is 37.1 Å². The zero-order valence-corrected chi connectivity index (χ0v) is 13.5. The Bertz CT molecular complexity index is 597. The molecular formula is C16H20F3N3O3. The first-order valence-electron chi connectivity index (χ1n) is 7.83. The second-order valence-electron chi connectivity index (χ2n) is 5.87. The van der Waals surface area contributed by atoms with E-state index >= 15 is 0 Å². The van der Waals surface area contributed by atoms with Gasteiger partial charge < -0.3 is 20.7 Å². The summed E-state index contributed by atoms with van der Waals surface area (Å²) >= 11 is 0. The molecule has 2 amide bonds. The summed E-state index contributed by atoms with van der Waals surface area (Å²) in [6.45, 7) is -0.697. The van der Waals surface area contributed by atoms with Gasteiger partial charge in [0, 0.05) is 30.4 Å². The molecule has 1 aromatic carbocycles. The molecule has 0 spiro atoms. The molecule has 6 nitrogen and oxygen atoms in total. The lowest BCUT2D eigenvalue weighted by Gasteiger charge is -2.32. The van der Waals surface area contributed by atoms with Gasteiger partial charge in [-0.3, -0.25) is 9.59 Å². The number of piperidine rings is 1. The molecule has 1 aliphatic rings. The van der Waals surface area contributed by atoms with Crippen LogP contribution in [0.25, 0.3) is 0 Å². The average Bonchev–Trinajstić information content (AvgIpc) is 2.54. The van der Waals surface area contributed by atoms with E-state index in [4.69, 9.17) is 5.73 Å². The van der Waals surface area contributed by atoms with Crippen molar-refractivity contribution in [3.8, 4) is 0 Å². The minimum absolute atomic E-state index is 0.0912. The normalized spacial score (nSPS) is 15.9. The molecule has 1 aliphatic heterocycles. The van der Waals surface area contributed by atoms with Crippen molar-refractivity contribution in [2.24, 2.45) is 11.7 Å². The third kappa shape index (κ3) is 6.26. The van der Waals surface area contributed by atoms with E-state index < -0.39 is 25.3 Å². The minimum atomic E-state index is -4.45. The van der Waals surface area contributed by atoms with Crippen molar-refractivity contribution in [2.45, 2.75) is 19.0 Å². The Morgan fingerprint density at radius 2 is 1.80 bits per heavy atom. The number of primary amides is 1. The number of halogens is 3. The number of nitrogens with zero attached hydrogens (tertiary/aromatic N) is 1. The summed E-state index contributed by atoms with van der Waals surface area (Å²) in [5, 5.41) is 2.47. The lowest BCUT2D eigenvalue weighted by Crippen LogP contribution is -2.38. The molecule has 0 unspecified atom stereocenters. The molecule has 0 aromatic heterocycles. The summed E-state index contributed by atoms with van der Waals surface area (Å²) in [6.07, 6.45) is -3.06. The number of carbonyl (C=O) groups excluding carboxylic acids is 2. The van der Waals surface area contributed by atoms with E-state index in [-0.39, 0.29) is 11.8 Å². The van der Waals surface area contributed by atoms with Crippen molar-refractivity contribution in [1.82, 2.24) is 0 Å². The van der Waals surface area contributed by atoms with Crippen molar-refractivity contribution in [1.29, 1.82) is 0 Å². The van der Waals surface area contributed by atoms with Gasteiger partial charge >= 0.3 is 6.18 Å². The maximum absolute atomic E-state index is 11.9. The van der Waals surface area contributed by atoms with Gasteiger partial charge in [0.15, 0.2) is 0 Å². The number of benzene rings is 1. The van der Waals surface area contributed by atoms with Crippen LogP contribution in [0.2, 0.25) is 0 Å². The predicted molar refractivity (Wildman–Crippen MR) is 86.1 cm³/mol. The molecule has 0 atom stereocenters. The number of ether oxygens (including phenoxy) is 1. The summed E-state index contributed by atoms with van der Waals surface area (Å²) < 4.78 is 40.1.